The largest absolute Gasteiger partial charge is 0.495 e. The molecule has 0 fully saturated rings. The molecule has 24 heavy (non-hydrogen) atoms. The summed E-state index contributed by atoms with van der Waals surface area (Å²) in [5.41, 5.74) is 0.560. The monoisotopic (exact) mass is 369 g/mol. The predicted octanol–water partition coefficient (Wildman–Crippen LogP) is 2.89. The molecule has 6 nitrogen and oxygen atoms in total. The second-order valence-corrected chi connectivity index (χ2v) is 7.25. The predicted molar refractivity (Wildman–Crippen MR) is 89.1 cm³/mol. The summed E-state index contributed by atoms with van der Waals surface area (Å²) in [4.78, 5) is 15.6. The number of hydrogen-bond acceptors (Lipinski definition) is 6. The Morgan fingerprint density at radius 3 is 2.67 bits per heavy atom. The quantitative estimate of drug-likeness (QED) is 0.728. The maximum Gasteiger partial charge on any atom is 0.339 e. The van der Waals surface area contributed by atoms with Crippen LogP contribution >= 0.6 is 11.6 Å². The van der Waals surface area contributed by atoms with E-state index in [0.29, 0.717) is 5.56 Å². The molecule has 1 aromatic heterocycles. The maximum absolute atomic E-state index is 12.7. The molecule has 0 aliphatic carbocycles. The van der Waals surface area contributed by atoms with Crippen LogP contribution in [-0.4, -0.2) is 33.1 Å². The van der Waals surface area contributed by atoms with Gasteiger partial charge in [0.25, 0.3) is 0 Å². The molecule has 0 aliphatic rings. The van der Waals surface area contributed by atoms with Gasteiger partial charge in [0.2, 0.25) is 0 Å². The third-order valence-corrected chi connectivity index (χ3v) is 5.06. The van der Waals surface area contributed by atoms with Crippen molar-refractivity contribution < 1.29 is 22.7 Å². The van der Waals surface area contributed by atoms with E-state index in [2.05, 4.69) is 4.98 Å². The van der Waals surface area contributed by atoms with E-state index >= 15 is 0 Å². The first-order chi connectivity index (χ1) is 11.4. The average molecular weight is 370 g/mol. The molecule has 0 aliphatic heterocycles. The first kappa shape index (κ1) is 18.2. The minimum Gasteiger partial charge on any atom is -0.495 e. The fraction of sp³-hybridized carbons (Fsp3) is 0.250. The molecular formula is C16H16ClNO5S. The first-order valence-corrected chi connectivity index (χ1v) is 9.07. The molecule has 0 saturated heterocycles. The van der Waals surface area contributed by atoms with Crippen LogP contribution in [0.3, 0.4) is 0 Å². The van der Waals surface area contributed by atoms with Gasteiger partial charge in [0.1, 0.15) is 10.6 Å². The Balaban J connectivity index is 2.35. The molecule has 1 heterocycles. The van der Waals surface area contributed by atoms with E-state index in [9.17, 15) is 13.2 Å². The summed E-state index contributed by atoms with van der Waals surface area (Å²) >= 11 is 5.89. The lowest BCUT2D eigenvalue weighted by molar-refractivity contribution is 0.0525. The van der Waals surface area contributed by atoms with Gasteiger partial charge in [-0.1, -0.05) is 11.6 Å². The van der Waals surface area contributed by atoms with Crippen LogP contribution in [0.25, 0.3) is 0 Å². The lowest BCUT2D eigenvalue weighted by atomic mass is 10.2. The molecule has 0 radical (unpaired) electrons. The van der Waals surface area contributed by atoms with Crippen LogP contribution in [-0.2, 0) is 20.3 Å². The SMILES string of the molecule is CCOC(=O)c1cncc(CS(=O)(=O)c2cc(Cl)ccc2OC)c1. The number of methoxy groups -OCH3 is 1. The summed E-state index contributed by atoms with van der Waals surface area (Å²) in [7, 11) is -2.35. The molecule has 0 unspecified atom stereocenters. The number of aromatic nitrogens is 1. The van der Waals surface area contributed by atoms with Gasteiger partial charge in [0.05, 0.1) is 25.0 Å². The zero-order valence-corrected chi connectivity index (χ0v) is 14.7. The van der Waals surface area contributed by atoms with Crippen molar-refractivity contribution in [3.63, 3.8) is 0 Å². The van der Waals surface area contributed by atoms with Gasteiger partial charge in [-0.25, -0.2) is 13.2 Å². The van der Waals surface area contributed by atoms with Crippen LogP contribution in [0.5, 0.6) is 5.75 Å². The molecule has 2 aromatic rings. The highest BCUT2D eigenvalue weighted by Gasteiger charge is 2.21. The van der Waals surface area contributed by atoms with Gasteiger partial charge < -0.3 is 9.47 Å². The molecule has 0 spiro atoms. The summed E-state index contributed by atoms with van der Waals surface area (Å²) < 4.78 is 35.3. The van der Waals surface area contributed by atoms with Crippen LogP contribution in [0, 0.1) is 0 Å². The second kappa shape index (κ2) is 7.63. The van der Waals surface area contributed by atoms with Gasteiger partial charge in [-0.05, 0) is 36.8 Å². The van der Waals surface area contributed by atoms with Gasteiger partial charge >= 0.3 is 5.97 Å². The molecule has 1 aromatic carbocycles. The van der Waals surface area contributed by atoms with Gasteiger partial charge in [-0.15, -0.1) is 0 Å². The van der Waals surface area contributed by atoms with Crippen molar-refractivity contribution in [1.29, 1.82) is 0 Å². The van der Waals surface area contributed by atoms with E-state index in [1.54, 1.807) is 13.0 Å². The Labute approximate surface area is 145 Å². The summed E-state index contributed by atoms with van der Waals surface area (Å²) in [6.45, 7) is 1.91. The minimum absolute atomic E-state index is 0.0148. The van der Waals surface area contributed by atoms with E-state index in [1.807, 2.05) is 0 Å². The summed E-state index contributed by atoms with van der Waals surface area (Å²) in [5.74, 6) is -0.692. The minimum atomic E-state index is -3.73. The maximum atomic E-state index is 12.7. The molecule has 8 heteroatoms. The van der Waals surface area contributed by atoms with Crippen molar-refractivity contribution >= 4 is 27.4 Å². The van der Waals surface area contributed by atoms with E-state index in [4.69, 9.17) is 21.1 Å². The normalized spacial score (nSPS) is 11.1. The van der Waals surface area contributed by atoms with Crippen molar-refractivity contribution in [3.05, 3.63) is 52.8 Å². The van der Waals surface area contributed by atoms with Gasteiger partial charge in [0, 0.05) is 17.4 Å². The van der Waals surface area contributed by atoms with Crippen LogP contribution in [0.1, 0.15) is 22.8 Å². The Bertz CT molecular complexity index is 851. The fourth-order valence-corrected chi connectivity index (χ4v) is 3.84. The number of sulfone groups is 1. The lowest BCUT2D eigenvalue weighted by Gasteiger charge is -2.10. The number of ether oxygens (including phenoxy) is 2. The van der Waals surface area contributed by atoms with Crippen LogP contribution in [0.15, 0.2) is 41.6 Å². The number of carbonyl (C=O) groups excluding carboxylic acids is 1. The lowest BCUT2D eigenvalue weighted by Crippen LogP contribution is -2.09. The average Bonchev–Trinajstić information content (AvgIpc) is 2.55. The third-order valence-electron chi connectivity index (χ3n) is 3.12. The van der Waals surface area contributed by atoms with Crippen LogP contribution in [0.4, 0.5) is 0 Å². The van der Waals surface area contributed by atoms with Crippen molar-refractivity contribution in [2.45, 2.75) is 17.6 Å². The number of nitrogens with zero attached hydrogens (tertiary/aromatic N) is 1. The van der Waals surface area contributed by atoms with E-state index in [0.717, 1.165) is 0 Å². The zero-order valence-electron chi connectivity index (χ0n) is 13.2. The summed E-state index contributed by atoms with van der Waals surface area (Å²) in [6, 6.07) is 5.81. The number of hydrogen-bond donors (Lipinski definition) is 0. The van der Waals surface area contributed by atoms with Crippen molar-refractivity contribution in [2.75, 3.05) is 13.7 Å². The number of benzene rings is 1. The highest BCUT2D eigenvalue weighted by Crippen LogP contribution is 2.29. The molecule has 0 saturated carbocycles. The van der Waals surface area contributed by atoms with E-state index < -0.39 is 15.8 Å². The van der Waals surface area contributed by atoms with Crippen LogP contribution in [0.2, 0.25) is 5.02 Å². The van der Waals surface area contributed by atoms with Gasteiger partial charge in [0.15, 0.2) is 9.84 Å². The molecule has 0 N–H and O–H groups in total. The fourth-order valence-electron chi connectivity index (χ4n) is 2.08. The number of rotatable bonds is 6. The highest BCUT2D eigenvalue weighted by molar-refractivity contribution is 7.90. The Kier molecular flexibility index (Phi) is 5.80. The first-order valence-electron chi connectivity index (χ1n) is 7.04. The van der Waals surface area contributed by atoms with Crippen molar-refractivity contribution in [3.8, 4) is 5.75 Å². The molecule has 128 valence electrons. The zero-order chi connectivity index (χ0) is 17.7. The topological polar surface area (TPSA) is 82.6 Å². The summed E-state index contributed by atoms with van der Waals surface area (Å²) in [5, 5.41) is 0.285. The highest BCUT2D eigenvalue weighted by atomic mass is 35.5. The standard InChI is InChI=1S/C16H16ClNO5S/c1-3-23-16(19)12-6-11(8-18-9-12)10-24(20,21)15-7-13(17)4-5-14(15)22-2/h4-9H,3,10H2,1-2H3. The molecular weight excluding hydrogens is 354 g/mol. The number of halogens is 1. The smallest absolute Gasteiger partial charge is 0.339 e. The number of esters is 1. The molecule has 0 atom stereocenters. The van der Waals surface area contributed by atoms with E-state index in [-0.39, 0.29) is 33.6 Å². The van der Waals surface area contributed by atoms with Gasteiger partial charge in [-0.3, -0.25) is 4.98 Å². The van der Waals surface area contributed by atoms with Crippen molar-refractivity contribution in [2.24, 2.45) is 0 Å². The Hall–Kier alpha value is -2.12. The number of pyridine rings is 1. The number of carbonyl (C=O) groups is 1. The Morgan fingerprint density at radius 2 is 2.00 bits per heavy atom. The van der Waals surface area contributed by atoms with Gasteiger partial charge in [-0.2, -0.15) is 0 Å². The molecule has 0 amide bonds. The third kappa shape index (κ3) is 4.24. The molecule has 0 bridgehead atoms. The second-order valence-electron chi connectivity index (χ2n) is 4.86. The van der Waals surface area contributed by atoms with E-state index in [1.165, 1.54) is 37.7 Å². The Morgan fingerprint density at radius 1 is 1.25 bits per heavy atom. The van der Waals surface area contributed by atoms with Crippen LogP contribution < -0.4 is 4.74 Å². The molecule has 2 rings (SSSR count). The summed E-state index contributed by atoms with van der Waals surface area (Å²) in [6.07, 6.45) is 2.71. The van der Waals surface area contributed by atoms with Crippen molar-refractivity contribution in [1.82, 2.24) is 4.98 Å².